The molecule has 3 rings (SSSR count). The van der Waals surface area contributed by atoms with Crippen LogP contribution in [0, 0.1) is 0 Å². The average molecular weight is 525 g/mol. The van der Waals surface area contributed by atoms with Crippen LogP contribution in [0.25, 0.3) is 0 Å². The van der Waals surface area contributed by atoms with Crippen LogP contribution in [0.1, 0.15) is 22.8 Å². The van der Waals surface area contributed by atoms with E-state index < -0.39 is 22.5 Å². The largest absolute Gasteiger partial charge is 0.497 e. The van der Waals surface area contributed by atoms with E-state index in [2.05, 4.69) is 15.8 Å². The third-order valence-corrected chi connectivity index (χ3v) is 6.41. The van der Waals surface area contributed by atoms with E-state index in [9.17, 15) is 18.0 Å². The highest BCUT2D eigenvalue weighted by atomic mass is 32.2. The van der Waals surface area contributed by atoms with E-state index >= 15 is 0 Å². The molecule has 0 aliphatic rings. The minimum atomic E-state index is -3.82. The maximum Gasteiger partial charge on any atom is 0.260 e. The number of ether oxygens (including phenoxy) is 2. The number of nitrogens with one attached hydrogen (secondary N) is 2. The van der Waals surface area contributed by atoms with Gasteiger partial charge in [0.15, 0.2) is 0 Å². The predicted molar refractivity (Wildman–Crippen MR) is 143 cm³/mol. The Hall–Kier alpha value is -4.38. The van der Waals surface area contributed by atoms with Crippen molar-refractivity contribution in [1.82, 2.24) is 5.43 Å². The number of amides is 2. The summed E-state index contributed by atoms with van der Waals surface area (Å²) in [5.41, 5.74) is 4.92. The number of rotatable bonds is 10. The molecular weight excluding hydrogens is 496 g/mol. The van der Waals surface area contributed by atoms with Crippen LogP contribution in [-0.4, -0.2) is 53.0 Å². The van der Waals surface area contributed by atoms with Crippen molar-refractivity contribution < 1.29 is 27.5 Å². The Kier molecular flexibility index (Phi) is 8.86. The third kappa shape index (κ3) is 7.31. The summed E-state index contributed by atoms with van der Waals surface area (Å²) in [5, 5.41) is 6.90. The number of nitrogens with zero attached hydrogens (tertiary/aromatic N) is 2. The average Bonchev–Trinajstić information content (AvgIpc) is 2.90. The van der Waals surface area contributed by atoms with Gasteiger partial charge >= 0.3 is 0 Å². The molecule has 0 unspecified atom stereocenters. The van der Waals surface area contributed by atoms with Crippen molar-refractivity contribution in [3.8, 4) is 11.5 Å². The van der Waals surface area contributed by atoms with Crippen LogP contribution in [0.2, 0.25) is 0 Å². The Morgan fingerprint density at radius 1 is 0.919 bits per heavy atom. The molecule has 0 fully saturated rings. The van der Waals surface area contributed by atoms with Crippen molar-refractivity contribution in [1.29, 1.82) is 0 Å². The summed E-state index contributed by atoms with van der Waals surface area (Å²) in [4.78, 5) is 24.9. The lowest BCUT2D eigenvalue weighted by molar-refractivity contribution is -0.119. The van der Waals surface area contributed by atoms with Gasteiger partial charge in [-0.05, 0) is 48.9 Å². The van der Waals surface area contributed by atoms with E-state index in [1.807, 2.05) is 6.07 Å². The second-order valence-electron chi connectivity index (χ2n) is 7.94. The topological polar surface area (TPSA) is 126 Å². The molecular formula is C26H28N4O6S. The van der Waals surface area contributed by atoms with Gasteiger partial charge in [-0.3, -0.25) is 13.9 Å². The minimum Gasteiger partial charge on any atom is -0.497 e. The van der Waals surface area contributed by atoms with Gasteiger partial charge in [0, 0.05) is 17.3 Å². The highest BCUT2D eigenvalue weighted by molar-refractivity contribution is 7.92. The zero-order chi connectivity index (χ0) is 27.0. The number of sulfonamides is 1. The van der Waals surface area contributed by atoms with E-state index in [0.29, 0.717) is 28.3 Å². The molecule has 11 heteroatoms. The first-order chi connectivity index (χ1) is 17.6. The van der Waals surface area contributed by atoms with Crippen molar-refractivity contribution in [3.05, 3.63) is 83.9 Å². The third-order valence-electron chi connectivity index (χ3n) is 5.29. The van der Waals surface area contributed by atoms with Crippen LogP contribution in [-0.2, 0) is 14.8 Å². The summed E-state index contributed by atoms with van der Waals surface area (Å²) in [6, 6.07) is 20.4. The predicted octanol–water partition coefficient (Wildman–Crippen LogP) is 3.26. The maximum absolute atomic E-state index is 12.6. The van der Waals surface area contributed by atoms with Gasteiger partial charge in [0.1, 0.15) is 18.0 Å². The van der Waals surface area contributed by atoms with E-state index in [-0.39, 0.29) is 17.3 Å². The number of hydrazone groups is 1. The second kappa shape index (κ2) is 12.0. The number of methoxy groups -OCH3 is 2. The fraction of sp³-hybridized carbons (Fsp3) is 0.192. The van der Waals surface area contributed by atoms with E-state index in [1.165, 1.54) is 26.4 Å². The van der Waals surface area contributed by atoms with Crippen LogP contribution in [0.5, 0.6) is 11.5 Å². The van der Waals surface area contributed by atoms with E-state index in [1.54, 1.807) is 61.5 Å². The summed E-state index contributed by atoms with van der Waals surface area (Å²) in [5.74, 6) is -0.162. The fourth-order valence-electron chi connectivity index (χ4n) is 3.34. The number of carbonyl (C=O) groups excluding carboxylic acids is 2. The van der Waals surface area contributed by atoms with Crippen LogP contribution in [0.15, 0.2) is 77.9 Å². The molecule has 10 nitrogen and oxygen atoms in total. The van der Waals surface area contributed by atoms with E-state index in [0.717, 1.165) is 10.6 Å². The van der Waals surface area contributed by atoms with Crippen LogP contribution in [0.4, 0.5) is 11.4 Å². The van der Waals surface area contributed by atoms with Crippen LogP contribution in [0.3, 0.4) is 0 Å². The molecule has 37 heavy (non-hydrogen) atoms. The molecule has 0 saturated heterocycles. The fourth-order valence-corrected chi connectivity index (χ4v) is 4.20. The molecule has 2 N–H and O–H groups in total. The van der Waals surface area contributed by atoms with Crippen LogP contribution < -0.4 is 24.5 Å². The summed E-state index contributed by atoms with van der Waals surface area (Å²) >= 11 is 0. The number of carbonyl (C=O) groups is 2. The van der Waals surface area contributed by atoms with Gasteiger partial charge < -0.3 is 14.8 Å². The lowest BCUT2D eigenvalue weighted by Gasteiger charge is -2.23. The SMILES string of the molecule is COc1ccc(N(CC(=O)N/N=C(/C)c2ccc(NC(=O)c3ccccc3)cc2)S(C)(=O)=O)c(OC)c1. The van der Waals surface area contributed by atoms with Crippen LogP contribution >= 0.6 is 0 Å². The monoisotopic (exact) mass is 524 g/mol. The summed E-state index contributed by atoms with van der Waals surface area (Å²) in [7, 11) is -0.951. The molecule has 0 atom stereocenters. The Bertz CT molecular complexity index is 1390. The van der Waals surface area contributed by atoms with Crippen molar-refractivity contribution in [2.75, 3.05) is 36.6 Å². The Balaban J connectivity index is 1.67. The van der Waals surface area contributed by atoms with Gasteiger partial charge in [-0.15, -0.1) is 0 Å². The molecule has 0 heterocycles. The molecule has 194 valence electrons. The smallest absolute Gasteiger partial charge is 0.260 e. The molecule has 2 amide bonds. The molecule has 0 bridgehead atoms. The van der Waals surface area contributed by atoms with Gasteiger partial charge in [0.25, 0.3) is 11.8 Å². The number of anilines is 2. The van der Waals surface area contributed by atoms with Gasteiger partial charge in [-0.2, -0.15) is 5.10 Å². The number of benzene rings is 3. The van der Waals surface area contributed by atoms with E-state index in [4.69, 9.17) is 9.47 Å². The Morgan fingerprint density at radius 3 is 2.19 bits per heavy atom. The molecule has 0 aliphatic carbocycles. The summed E-state index contributed by atoms with van der Waals surface area (Å²) < 4.78 is 36.2. The molecule has 3 aromatic carbocycles. The summed E-state index contributed by atoms with van der Waals surface area (Å²) in [6.07, 6.45) is 0.997. The maximum atomic E-state index is 12.6. The van der Waals surface area contributed by atoms with Gasteiger partial charge in [0.2, 0.25) is 10.0 Å². The van der Waals surface area contributed by atoms with Crippen molar-refractivity contribution in [2.24, 2.45) is 5.10 Å². The molecule has 0 radical (unpaired) electrons. The van der Waals surface area contributed by atoms with Crippen molar-refractivity contribution >= 4 is 38.9 Å². The van der Waals surface area contributed by atoms with Crippen molar-refractivity contribution in [2.45, 2.75) is 6.92 Å². The normalized spacial score (nSPS) is 11.4. The molecule has 0 spiro atoms. The standard InChI is InChI=1S/C26H28N4O6S/c1-18(19-10-12-21(13-11-19)27-26(32)20-8-6-5-7-9-20)28-29-25(31)17-30(37(4,33)34)23-15-14-22(35-2)16-24(23)36-3/h5-16H,17H2,1-4H3,(H,27,32)(H,29,31)/b28-18-. The molecule has 3 aromatic rings. The van der Waals surface area contributed by atoms with Crippen molar-refractivity contribution in [3.63, 3.8) is 0 Å². The van der Waals surface area contributed by atoms with Gasteiger partial charge in [0.05, 0.1) is 31.9 Å². The second-order valence-corrected chi connectivity index (χ2v) is 9.84. The first-order valence-corrected chi connectivity index (χ1v) is 13.0. The quantitative estimate of drug-likeness (QED) is 0.310. The Morgan fingerprint density at radius 2 is 1.59 bits per heavy atom. The molecule has 0 aliphatic heterocycles. The lowest BCUT2D eigenvalue weighted by atomic mass is 10.1. The zero-order valence-electron chi connectivity index (χ0n) is 20.9. The Labute approximate surface area is 216 Å². The van der Waals surface area contributed by atoms with Gasteiger partial charge in [-0.25, -0.2) is 13.8 Å². The highest BCUT2D eigenvalue weighted by Crippen LogP contribution is 2.33. The number of hydrogen-bond acceptors (Lipinski definition) is 7. The first-order valence-electron chi connectivity index (χ1n) is 11.1. The minimum absolute atomic E-state index is 0.190. The molecule has 0 saturated carbocycles. The first kappa shape index (κ1) is 27.2. The summed E-state index contributed by atoms with van der Waals surface area (Å²) in [6.45, 7) is 1.18. The number of hydrogen-bond donors (Lipinski definition) is 2. The zero-order valence-corrected chi connectivity index (χ0v) is 21.7. The molecule has 0 aromatic heterocycles. The van der Waals surface area contributed by atoms with Gasteiger partial charge in [-0.1, -0.05) is 30.3 Å². The lowest BCUT2D eigenvalue weighted by Crippen LogP contribution is -2.39. The highest BCUT2D eigenvalue weighted by Gasteiger charge is 2.24.